The summed E-state index contributed by atoms with van der Waals surface area (Å²) in [6.07, 6.45) is 0.557. The Labute approximate surface area is 338 Å². The van der Waals surface area contributed by atoms with Crippen LogP contribution in [0.4, 0.5) is 25.1 Å². The average molecular weight is 815 g/mol. The molecule has 8 rings (SSSR count). The van der Waals surface area contributed by atoms with Gasteiger partial charge in [0.15, 0.2) is 0 Å². The first-order valence-electron chi connectivity index (χ1n) is 19.3. The number of likely N-dealkylation sites (tertiary alicyclic amines) is 1. The Bertz CT molecular complexity index is 2580. The smallest absolute Gasteiger partial charge is 0.330 e. The van der Waals surface area contributed by atoms with E-state index < -0.39 is 23.4 Å². The lowest BCUT2D eigenvalue weighted by Gasteiger charge is -2.40. The molecule has 3 aliphatic rings. The van der Waals surface area contributed by atoms with Crippen molar-refractivity contribution in [3.8, 4) is 28.3 Å². The second kappa shape index (κ2) is 15.4. The van der Waals surface area contributed by atoms with Crippen molar-refractivity contribution in [2.24, 2.45) is 14.1 Å². The van der Waals surface area contributed by atoms with Crippen molar-refractivity contribution < 1.29 is 23.0 Å². The predicted molar refractivity (Wildman–Crippen MR) is 218 cm³/mol. The molecule has 1 aliphatic carbocycles. The topological polar surface area (TPSA) is 136 Å². The third kappa shape index (κ3) is 6.78. The maximum atomic E-state index is 14.0. The van der Waals surface area contributed by atoms with Crippen LogP contribution in [0, 0.1) is 6.92 Å². The predicted octanol–water partition coefficient (Wildman–Crippen LogP) is 6.51. The molecule has 0 bridgehead atoms. The molecule has 2 aliphatic heterocycles. The highest BCUT2D eigenvalue weighted by molar-refractivity contribution is 6.36. The first-order chi connectivity index (χ1) is 27.8. The molecule has 2 amide bonds. The molecule has 2 unspecified atom stereocenters. The highest BCUT2D eigenvalue weighted by Crippen LogP contribution is 2.47. The molecule has 2 aromatic carbocycles. The summed E-state index contributed by atoms with van der Waals surface area (Å²) in [6, 6.07) is 14.4. The zero-order valence-corrected chi connectivity index (χ0v) is 33.8. The Hall–Kier alpha value is -5.38. The highest BCUT2D eigenvalue weighted by atomic mass is 35.5. The van der Waals surface area contributed by atoms with Gasteiger partial charge >= 0.3 is 11.7 Å². The van der Waals surface area contributed by atoms with Gasteiger partial charge in [0.25, 0.3) is 12.0 Å². The number of anilines is 2. The molecule has 1 spiro atoms. The van der Waals surface area contributed by atoms with Crippen molar-refractivity contribution in [3.05, 3.63) is 96.8 Å². The van der Waals surface area contributed by atoms with Crippen molar-refractivity contribution in [1.82, 2.24) is 34.2 Å². The van der Waals surface area contributed by atoms with Crippen molar-refractivity contribution in [2.75, 3.05) is 52.3 Å². The molecular weight excluding hydrogens is 770 g/mol. The maximum absolute atomic E-state index is 14.0. The van der Waals surface area contributed by atoms with Crippen LogP contribution in [0.3, 0.4) is 0 Å². The van der Waals surface area contributed by atoms with Gasteiger partial charge < -0.3 is 25.0 Å². The minimum atomic E-state index is -2.94. The normalized spacial score (nSPS) is 19.4. The Morgan fingerprint density at radius 2 is 1.74 bits per heavy atom. The first kappa shape index (κ1) is 39.4. The summed E-state index contributed by atoms with van der Waals surface area (Å²) in [5, 5.41) is 6.92. The van der Waals surface area contributed by atoms with Gasteiger partial charge in [-0.15, -0.1) is 0 Å². The number of halogens is 3. The molecular formula is C42H45ClF2N8O5. The summed E-state index contributed by atoms with van der Waals surface area (Å²) in [5.74, 6) is 0.460. The zero-order chi connectivity index (χ0) is 41.0. The van der Waals surface area contributed by atoms with Crippen LogP contribution in [0.2, 0.25) is 5.02 Å². The number of rotatable bonds is 10. The fourth-order valence-electron chi connectivity index (χ4n) is 8.89. The van der Waals surface area contributed by atoms with E-state index >= 15 is 0 Å². The van der Waals surface area contributed by atoms with E-state index in [9.17, 15) is 23.2 Å². The number of aryl methyl sites for hydroxylation is 2. The molecule has 16 heteroatoms. The highest BCUT2D eigenvalue weighted by Gasteiger charge is 2.46. The van der Waals surface area contributed by atoms with Crippen LogP contribution in [-0.4, -0.2) is 87.5 Å². The molecule has 2 fully saturated rings. The number of carbonyl (C=O) groups excluding carboxylic acids is 1. The van der Waals surface area contributed by atoms with Crippen LogP contribution in [0.15, 0.2) is 58.1 Å². The van der Waals surface area contributed by atoms with Crippen molar-refractivity contribution >= 4 is 40.0 Å². The van der Waals surface area contributed by atoms with Crippen LogP contribution in [-0.2, 0) is 25.3 Å². The number of methoxy groups -OCH3 is 2. The summed E-state index contributed by atoms with van der Waals surface area (Å²) >= 11 is 7.25. The molecule has 13 nitrogen and oxygen atoms in total. The number of ether oxygens (including phenoxy) is 2. The number of amides is 2. The van der Waals surface area contributed by atoms with Crippen LogP contribution in [0.1, 0.15) is 54.1 Å². The Morgan fingerprint density at radius 1 is 1.00 bits per heavy atom. The van der Waals surface area contributed by atoms with Crippen molar-refractivity contribution in [2.45, 2.75) is 50.6 Å². The molecule has 0 saturated carbocycles. The van der Waals surface area contributed by atoms with E-state index in [1.54, 1.807) is 26.4 Å². The number of hydrogen-bond donors (Lipinski definition) is 2. The SMILES string of the molecule is COCCN1CCC2(CCN(C3CCc4cc(-c5cccc(-c6cccc(Nc7nc(C(F)F)cc8c7c(=O)n(C)c(=O)n8C)c6C)c5Cl)nc(OC)c43)C2)NC1=O. The fourth-order valence-corrected chi connectivity index (χ4v) is 9.21. The second-order valence-corrected chi connectivity index (χ2v) is 15.7. The van der Waals surface area contributed by atoms with Crippen LogP contribution >= 0.6 is 11.6 Å². The molecule has 0 radical (unpaired) electrons. The summed E-state index contributed by atoms with van der Waals surface area (Å²) < 4.78 is 41.3. The van der Waals surface area contributed by atoms with Gasteiger partial charge in [0, 0.05) is 75.8 Å². The largest absolute Gasteiger partial charge is 0.481 e. The molecule has 58 heavy (non-hydrogen) atoms. The fraction of sp³-hybridized carbons (Fsp3) is 0.405. The summed E-state index contributed by atoms with van der Waals surface area (Å²) in [7, 11) is 6.03. The lowest BCUT2D eigenvalue weighted by atomic mass is 9.92. The van der Waals surface area contributed by atoms with E-state index in [2.05, 4.69) is 26.6 Å². The number of alkyl halides is 2. The van der Waals surface area contributed by atoms with E-state index in [4.69, 9.17) is 26.1 Å². The zero-order valence-electron chi connectivity index (χ0n) is 33.0. The maximum Gasteiger partial charge on any atom is 0.330 e. The number of benzene rings is 2. The minimum Gasteiger partial charge on any atom is -0.481 e. The van der Waals surface area contributed by atoms with Gasteiger partial charge in [-0.3, -0.25) is 18.8 Å². The summed E-state index contributed by atoms with van der Waals surface area (Å²) in [6.45, 7) is 5.26. The number of urea groups is 1. The number of fused-ring (bicyclic) bond motifs is 2. The quantitative estimate of drug-likeness (QED) is 0.162. The van der Waals surface area contributed by atoms with E-state index in [0.717, 1.165) is 81.8 Å². The van der Waals surface area contributed by atoms with Gasteiger partial charge in [-0.25, -0.2) is 28.3 Å². The van der Waals surface area contributed by atoms with Gasteiger partial charge in [0.1, 0.15) is 16.9 Å². The monoisotopic (exact) mass is 814 g/mol. The Morgan fingerprint density at radius 3 is 2.48 bits per heavy atom. The number of carbonyl (C=O) groups is 1. The molecule has 2 saturated heterocycles. The lowest BCUT2D eigenvalue weighted by molar-refractivity contribution is 0.114. The third-order valence-corrected chi connectivity index (χ3v) is 12.5. The van der Waals surface area contributed by atoms with Crippen molar-refractivity contribution in [3.63, 3.8) is 0 Å². The second-order valence-electron chi connectivity index (χ2n) is 15.4. The van der Waals surface area contributed by atoms with E-state index in [0.29, 0.717) is 47.5 Å². The molecule has 2 atom stereocenters. The number of nitrogens with one attached hydrogen (secondary N) is 2. The molecule has 5 aromatic rings. The van der Waals surface area contributed by atoms with Gasteiger partial charge in [0.2, 0.25) is 5.88 Å². The van der Waals surface area contributed by atoms with Gasteiger partial charge in [-0.05, 0) is 67.5 Å². The van der Waals surface area contributed by atoms with Crippen LogP contribution in [0.25, 0.3) is 33.3 Å². The molecule has 304 valence electrons. The van der Waals surface area contributed by atoms with Crippen LogP contribution in [0.5, 0.6) is 5.88 Å². The number of hydrogen-bond acceptors (Lipinski definition) is 9. The average Bonchev–Trinajstić information content (AvgIpc) is 3.83. The molecule has 2 N–H and O–H groups in total. The Balaban J connectivity index is 1.09. The Kier molecular flexibility index (Phi) is 10.5. The van der Waals surface area contributed by atoms with E-state index in [1.165, 1.54) is 14.1 Å². The molecule has 3 aromatic heterocycles. The third-order valence-electron chi connectivity index (χ3n) is 12.1. The molecule has 5 heterocycles. The van der Waals surface area contributed by atoms with Crippen molar-refractivity contribution in [1.29, 1.82) is 0 Å². The van der Waals surface area contributed by atoms with Gasteiger partial charge in [-0.2, -0.15) is 0 Å². The minimum absolute atomic E-state index is 0.00718. The summed E-state index contributed by atoms with van der Waals surface area (Å²) in [5.41, 5.74) is 4.23. The van der Waals surface area contributed by atoms with E-state index in [-0.39, 0.29) is 34.3 Å². The standard InChI is InChI=1S/C42H45ClF2N8O5/c1-23-25(8-7-11-28(23)46-37-34-32(21-30(47-37)36(44)45)50(2)41(56)51(3)39(34)54)26-9-6-10-27(35(26)43)29-20-24-12-13-31(33(24)38(48-29)58-5)53-17-15-42(22-53)14-16-52(18-19-57-4)40(55)49-42/h6-11,20-21,31,36H,12-19,22H2,1-5H3,(H,46,47)(H,49,55). The summed E-state index contributed by atoms with van der Waals surface area (Å²) in [4.78, 5) is 52.4. The van der Waals surface area contributed by atoms with Crippen LogP contribution < -0.4 is 26.6 Å². The lowest BCUT2D eigenvalue weighted by Crippen LogP contribution is -2.61. The van der Waals surface area contributed by atoms with Gasteiger partial charge in [-0.1, -0.05) is 41.9 Å². The first-order valence-corrected chi connectivity index (χ1v) is 19.6. The number of pyridine rings is 2. The number of nitrogens with zero attached hydrogens (tertiary/aromatic N) is 6. The van der Waals surface area contributed by atoms with Gasteiger partial charge in [0.05, 0.1) is 35.5 Å². The van der Waals surface area contributed by atoms with E-state index in [1.807, 2.05) is 36.1 Å². The number of aromatic nitrogens is 4.